The summed E-state index contributed by atoms with van der Waals surface area (Å²) in [5, 5.41) is 4.62. The van der Waals surface area contributed by atoms with Crippen LogP contribution in [0.4, 0.5) is 28.0 Å². The molecule has 2 amide bonds. The van der Waals surface area contributed by atoms with E-state index in [1.165, 1.54) is 30.3 Å². The van der Waals surface area contributed by atoms with Crippen molar-refractivity contribution >= 4 is 11.7 Å². The fraction of sp³-hybridized carbons (Fsp3) is 0.118. The van der Waals surface area contributed by atoms with Crippen molar-refractivity contribution in [3.8, 4) is 11.8 Å². The van der Waals surface area contributed by atoms with Gasteiger partial charge in [-0.25, -0.2) is 9.18 Å². The predicted octanol–water partition coefficient (Wildman–Crippen LogP) is 4.02. The summed E-state index contributed by atoms with van der Waals surface area (Å²) in [4.78, 5) is 11.6. The second-order valence-corrected chi connectivity index (χ2v) is 4.67. The van der Waals surface area contributed by atoms with Gasteiger partial charge in [-0.1, -0.05) is 30.0 Å². The molecule has 0 heterocycles. The Bertz CT molecular complexity index is 791. The van der Waals surface area contributed by atoms with Crippen molar-refractivity contribution in [2.24, 2.45) is 0 Å². The number of alkyl halides is 3. The molecule has 7 heteroatoms. The molecule has 124 valence electrons. The summed E-state index contributed by atoms with van der Waals surface area (Å²) in [5.74, 6) is 4.62. The zero-order valence-corrected chi connectivity index (χ0v) is 12.2. The van der Waals surface area contributed by atoms with E-state index in [9.17, 15) is 22.4 Å². The van der Waals surface area contributed by atoms with Gasteiger partial charge in [0.1, 0.15) is 5.82 Å². The summed E-state index contributed by atoms with van der Waals surface area (Å²) in [6, 6.07) is 9.45. The second-order valence-electron chi connectivity index (χ2n) is 4.67. The van der Waals surface area contributed by atoms with Crippen LogP contribution in [0.3, 0.4) is 0 Å². The minimum Gasteiger partial charge on any atom is -0.327 e. The lowest BCUT2D eigenvalue weighted by molar-refractivity contribution is -0.137. The van der Waals surface area contributed by atoms with E-state index in [1.807, 2.05) is 0 Å². The van der Waals surface area contributed by atoms with Crippen LogP contribution in [0.2, 0.25) is 0 Å². The number of amides is 2. The van der Waals surface area contributed by atoms with Crippen molar-refractivity contribution in [3.05, 3.63) is 65.5 Å². The van der Waals surface area contributed by atoms with Crippen LogP contribution in [0.1, 0.15) is 11.1 Å². The lowest BCUT2D eigenvalue weighted by Gasteiger charge is -2.09. The molecular weight excluding hydrogens is 324 g/mol. The van der Waals surface area contributed by atoms with Crippen molar-refractivity contribution in [3.63, 3.8) is 0 Å². The van der Waals surface area contributed by atoms with Gasteiger partial charge in [-0.3, -0.25) is 0 Å². The number of nitrogens with one attached hydrogen (secondary N) is 2. The topological polar surface area (TPSA) is 41.1 Å². The van der Waals surface area contributed by atoms with E-state index in [4.69, 9.17) is 0 Å². The van der Waals surface area contributed by atoms with Crippen LogP contribution >= 0.6 is 0 Å². The Morgan fingerprint density at radius 3 is 2.54 bits per heavy atom. The molecule has 0 aliphatic carbocycles. The quantitative estimate of drug-likeness (QED) is 0.631. The van der Waals surface area contributed by atoms with Crippen LogP contribution < -0.4 is 10.6 Å². The fourth-order valence-electron chi connectivity index (χ4n) is 1.78. The summed E-state index contributed by atoms with van der Waals surface area (Å²) in [5.41, 5.74) is -0.665. The molecule has 0 saturated heterocycles. The van der Waals surface area contributed by atoms with Gasteiger partial charge >= 0.3 is 12.2 Å². The van der Waals surface area contributed by atoms with E-state index in [0.717, 1.165) is 12.1 Å². The number of carbonyl (C=O) groups is 1. The van der Waals surface area contributed by atoms with Gasteiger partial charge in [-0.05, 0) is 30.3 Å². The number of urea groups is 1. The Balaban J connectivity index is 1.90. The molecule has 0 bridgehead atoms. The van der Waals surface area contributed by atoms with Gasteiger partial charge in [0, 0.05) is 5.69 Å². The van der Waals surface area contributed by atoms with Crippen molar-refractivity contribution < 1.29 is 22.4 Å². The number of benzene rings is 2. The molecular formula is C17H12F4N2O. The first-order valence-corrected chi connectivity index (χ1v) is 6.82. The van der Waals surface area contributed by atoms with E-state index in [-0.39, 0.29) is 17.8 Å². The van der Waals surface area contributed by atoms with E-state index in [1.54, 1.807) is 6.07 Å². The first-order valence-electron chi connectivity index (χ1n) is 6.82. The Kier molecular flexibility index (Phi) is 5.42. The van der Waals surface area contributed by atoms with Gasteiger partial charge in [0.05, 0.1) is 17.7 Å². The largest absolute Gasteiger partial charge is 0.416 e. The van der Waals surface area contributed by atoms with E-state index >= 15 is 0 Å². The third-order valence-electron chi connectivity index (χ3n) is 2.88. The van der Waals surface area contributed by atoms with Crippen molar-refractivity contribution in [2.45, 2.75) is 6.18 Å². The molecule has 0 atom stereocenters. The highest BCUT2D eigenvalue weighted by Gasteiger charge is 2.30. The van der Waals surface area contributed by atoms with Crippen LogP contribution in [0, 0.1) is 17.7 Å². The van der Waals surface area contributed by atoms with Crippen molar-refractivity contribution in [1.29, 1.82) is 0 Å². The lowest BCUT2D eigenvalue weighted by atomic mass is 10.2. The highest BCUT2D eigenvalue weighted by atomic mass is 19.4. The van der Waals surface area contributed by atoms with Crippen molar-refractivity contribution in [1.82, 2.24) is 5.32 Å². The normalized spacial score (nSPS) is 10.5. The number of carbonyl (C=O) groups excluding carboxylic acids is 1. The average Bonchev–Trinajstić information content (AvgIpc) is 2.52. The molecule has 24 heavy (non-hydrogen) atoms. The minimum absolute atomic E-state index is 0.00406. The third-order valence-corrected chi connectivity index (χ3v) is 2.88. The second kappa shape index (κ2) is 7.51. The van der Waals surface area contributed by atoms with Crippen LogP contribution in [-0.2, 0) is 6.18 Å². The number of rotatable bonds is 2. The predicted molar refractivity (Wildman–Crippen MR) is 81.7 cm³/mol. The first-order chi connectivity index (χ1) is 11.4. The summed E-state index contributed by atoms with van der Waals surface area (Å²) in [6.45, 7) is -0.0842. The molecule has 0 aromatic heterocycles. The van der Waals surface area contributed by atoms with Crippen LogP contribution in [0.25, 0.3) is 0 Å². The van der Waals surface area contributed by atoms with Gasteiger partial charge in [0.25, 0.3) is 0 Å². The van der Waals surface area contributed by atoms with Gasteiger partial charge in [0.2, 0.25) is 0 Å². The third kappa shape index (κ3) is 5.02. The summed E-state index contributed by atoms with van der Waals surface area (Å²) < 4.78 is 51.0. The van der Waals surface area contributed by atoms with Crippen LogP contribution in [-0.4, -0.2) is 12.6 Å². The highest BCUT2D eigenvalue weighted by molar-refractivity contribution is 5.89. The molecule has 0 aliphatic rings. The Labute approximate surface area is 135 Å². The molecule has 2 N–H and O–H groups in total. The van der Waals surface area contributed by atoms with Gasteiger partial charge in [0.15, 0.2) is 0 Å². The van der Waals surface area contributed by atoms with E-state index in [0.29, 0.717) is 0 Å². The number of hydrogen-bond acceptors (Lipinski definition) is 1. The van der Waals surface area contributed by atoms with Gasteiger partial charge in [-0.2, -0.15) is 13.2 Å². The molecule has 2 aromatic carbocycles. The molecule has 0 spiro atoms. The zero-order chi connectivity index (χ0) is 17.6. The maximum atomic E-state index is 13.3. The number of hydrogen-bond donors (Lipinski definition) is 2. The van der Waals surface area contributed by atoms with E-state index in [2.05, 4.69) is 22.5 Å². The Hall–Kier alpha value is -3.01. The minimum atomic E-state index is -4.49. The standard InChI is InChI=1S/C17H12F4N2O/c18-15-9-2-1-5-12(15)6-4-10-22-16(24)23-14-8-3-7-13(11-14)17(19,20)21/h1-3,5,7-9,11H,10H2,(H2,22,23,24). The molecule has 2 aromatic rings. The molecule has 2 rings (SSSR count). The summed E-state index contributed by atoms with van der Waals surface area (Å²) >= 11 is 0. The molecule has 0 aliphatic heterocycles. The average molecular weight is 336 g/mol. The first kappa shape index (κ1) is 17.3. The Morgan fingerprint density at radius 1 is 1.08 bits per heavy atom. The van der Waals surface area contributed by atoms with Crippen molar-refractivity contribution in [2.75, 3.05) is 11.9 Å². The SMILES string of the molecule is O=C(NCC#Cc1ccccc1F)Nc1cccc(C(F)(F)F)c1. The lowest BCUT2D eigenvalue weighted by Crippen LogP contribution is -2.29. The highest BCUT2D eigenvalue weighted by Crippen LogP contribution is 2.30. The van der Waals surface area contributed by atoms with E-state index < -0.39 is 23.6 Å². The molecule has 0 saturated carbocycles. The van der Waals surface area contributed by atoms with Crippen LogP contribution in [0.5, 0.6) is 0 Å². The zero-order valence-electron chi connectivity index (χ0n) is 12.2. The maximum absolute atomic E-state index is 13.3. The molecule has 0 radical (unpaired) electrons. The smallest absolute Gasteiger partial charge is 0.327 e. The van der Waals surface area contributed by atoms with Crippen LogP contribution in [0.15, 0.2) is 48.5 Å². The Morgan fingerprint density at radius 2 is 1.83 bits per heavy atom. The van der Waals surface area contributed by atoms with Gasteiger partial charge in [-0.15, -0.1) is 0 Å². The molecule has 0 unspecified atom stereocenters. The number of halogens is 4. The van der Waals surface area contributed by atoms with Gasteiger partial charge < -0.3 is 10.6 Å². The summed E-state index contributed by atoms with van der Waals surface area (Å²) in [7, 11) is 0. The summed E-state index contributed by atoms with van der Waals surface area (Å²) in [6.07, 6.45) is -4.49. The number of anilines is 1. The molecule has 3 nitrogen and oxygen atoms in total. The maximum Gasteiger partial charge on any atom is 0.416 e. The molecule has 0 fully saturated rings. The monoisotopic (exact) mass is 336 g/mol. The fourth-order valence-corrected chi connectivity index (χ4v) is 1.78.